The Kier molecular flexibility index (Phi) is 7.20. The van der Waals surface area contributed by atoms with E-state index in [1.807, 2.05) is 0 Å². The predicted octanol–water partition coefficient (Wildman–Crippen LogP) is 1.22. The predicted molar refractivity (Wildman–Crippen MR) is 98.9 cm³/mol. The first kappa shape index (κ1) is 21.0. The number of hydrogen-bond donors (Lipinski definition) is 3. The van der Waals surface area contributed by atoms with Gasteiger partial charge in [0.25, 0.3) is 0 Å². The van der Waals surface area contributed by atoms with E-state index < -0.39 is 41.4 Å². The molecule has 2 aromatic carbocycles. The third kappa shape index (κ3) is 6.46. The molecule has 0 heterocycles. The molecule has 0 saturated heterocycles. The first-order valence-electron chi connectivity index (χ1n) is 8.60. The van der Waals surface area contributed by atoms with E-state index in [0.29, 0.717) is 11.1 Å². The second-order valence-electron chi connectivity index (χ2n) is 6.38. The van der Waals surface area contributed by atoms with Crippen molar-refractivity contribution in [1.82, 2.24) is 10.6 Å². The molecule has 28 heavy (non-hydrogen) atoms. The summed E-state index contributed by atoms with van der Waals surface area (Å²) in [7, 11) is 0. The minimum Gasteiger partial charge on any atom is -0.368 e. The van der Waals surface area contributed by atoms with Gasteiger partial charge in [-0.1, -0.05) is 24.3 Å². The van der Waals surface area contributed by atoms with Gasteiger partial charge >= 0.3 is 0 Å². The first-order valence-corrected chi connectivity index (χ1v) is 8.60. The van der Waals surface area contributed by atoms with Crippen LogP contribution < -0.4 is 16.4 Å². The molecule has 148 valence electrons. The molecule has 2 rings (SSSR count). The number of carbonyl (C=O) groups is 3. The van der Waals surface area contributed by atoms with E-state index in [1.54, 1.807) is 12.1 Å². The molecule has 0 radical (unpaired) electrons. The molecule has 0 unspecified atom stereocenters. The summed E-state index contributed by atoms with van der Waals surface area (Å²) >= 11 is 0. The number of nitrogens with one attached hydrogen (secondary N) is 2. The third-order valence-corrected chi connectivity index (χ3v) is 4.01. The first-order chi connectivity index (χ1) is 13.2. The maximum Gasteiger partial charge on any atom is 0.243 e. The highest BCUT2D eigenvalue weighted by Crippen LogP contribution is 2.09. The lowest BCUT2D eigenvalue weighted by Gasteiger charge is -2.22. The molecule has 0 aliphatic carbocycles. The lowest BCUT2D eigenvalue weighted by Crippen LogP contribution is -2.54. The molecule has 8 heteroatoms. The average Bonchev–Trinajstić information content (AvgIpc) is 2.60. The molecular formula is C20H21F2N3O3. The number of benzene rings is 2. The molecule has 0 aromatic heterocycles. The van der Waals surface area contributed by atoms with Gasteiger partial charge in [0.1, 0.15) is 23.7 Å². The summed E-state index contributed by atoms with van der Waals surface area (Å²) in [4.78, 5) is 35.9. The molecule has 0 spiro atoms. The van der Waals surface area contributed by atoms with E-state index in [2.05, 4.69) is 10.6 Å². The number of primary amides is 1. The fourth-order valence-electron chi connectivity index (χ4n) is 2.75. The fraction of sp³-hybridized carbons (Fsp3) is 0.250. The summed E-state index contributed by atoms with van der Waals surface area (Å²) in [6.45, 7) is 1.24. The van der Waals surface area contributed by atoms with Crippen molar-refractivity contribution < 1.29 is 23.2 Å². The van der Waals surface area contributed by atoms with Crippen LogP contribution in [0.4, 0.5) is 8.78 Å². The van der Waals surface area contributed by atoms with Gasteiger partial charge in [-0.3, -0.25) is 14.4 Å². The van der Waals surface area contributed by atoms with Crippen molar-refractivity contribution in [2.75, 3.05) is 0 Å². The second kappa shape index (κ2) is 9.59. The van der Waals surface area contributed by atoms with Crippen molar-refractivity contribution in [3.05, 3.63) is 71.3 Å². The number of rotatable bonds is 8. The Bertz CT molecular complexity index is 873. The van der Waals surface area contributed by atoms with Crippen molar-refractivity contribution in [3.63, 3.8) is 0 Å². The minimum absolute atomic E-state index is 0.00834. The zero-order chi connectivity index (χ0) is 20.7. The number of nitrogens with two attached hydrogens (primary N) is 1. The van der Waals surface area contributed by atoms with Gasteiger partial charge in [-0.15, -0.1) is 0 Å². The second-order valence-corrected chi connectivity index (χ2v) is 6.38. The maximum absolute atomic E-state index is 13.4. The van der Waals surface area contributed by atoms with Crippen molar-refractivity contribution in [1.29, 1.82) is 0 Å². The zero-order valence-electron chi connectivity index (χ0n) is 15.2. The van der Waals surface area contributed by atoms with E-state index in [4.69, 9.17) is 5.73 Å². The molecule has 0 aliphatic heterocycles. The fourth-order valence-corrected chi connectivity index (χ4v) is 2.75. The van der Waals surface area contributed by atoms with Gasteiger partial charge in [0, 0.05) is 19.8 Å². The van der Waals surface area contributed by atoms with E-state index in [1.165, 1.54) is 43.3 Å². The maximum atomic E-state index is 13.4. The van der Waals surface area contributed by atoms with Gasteiger partial charge in [-0.05, 0) is 35.4 Å². The third-order valence-electron chi connectivity index (χ3n) is 4.01. The van der Waals surface area contributed by atoms with Crippen molar-refractivity contribution >= 4 is 17.7 Å². The lowest BCUT2D eigenvalue weighted by molar-refractivity contribution is -0.130. The molecule has 3 amide bonds. The van der Waals surface area contributed by atoms with E-state index in [9.17, 15) is 23.2 Å². The van der Waals surface area contributed by atoms with Crippen molar-refractivity contribution in [2.24, 2.45) is 5.73 Å². The molecule has 6 nitrogen and oxygen atoms in total. The summed E-state index contributed by atoms with van der Waals surface area (Å²) in [6, 6.07) is 9.06. The van der Waals surface area contributed by atoms with Crippen LogP contribution >= 0.6 is 0 Å². The van der Waals surface area contributed by atoms with E-state index in [0.717, 1.165) is 0 Å². The highest BCUT2D eigenvalue weighted by Gasteiger charge is 2.25. The smallest absolute Gasteiger partial charge is 0.243 e. The molecule has 0 bridgehead atoms. The molecule has 2 aromatic rings. The van der Waals surface area contributed by atoms with Gasteiger partial charge in [0.15, 0.2) is 0 Å². The van der Waals surface area contributed by atoms with Crippen molar-refractivity contribution in [3.8, 4) is 0 Å². The zero-order valence-corrected chi connectivity index (χ0v) is 15.2. The van der Waals surface area contributed by atoms with E-state index >= 15 is 0 Å². The molecular weight excluding hydrogens is 368 g/mol. The molecule has 0 fully saturated rings. The van der Waals surface area contributed by atoms with Crippen LogP contribution in [0.15, 0.2) is 48.5 Å². The van der Waals surface area contributed by atoms with Gasteiger partial charge < -0.3 is 16.4 Å². The van der Waals surface area contributed by atoms with Crippen LogP contribution in [0.25, 0.3) is 0 Å². The molecule has 0 aliphatic rings. The van der Waals surface area contributed by atoms with Crippen LogP contribution in [0.5, 0.6) is 0 Å². The van der Waals surface area contributed by atoms with Crippen LogP contribution in [-0.4, -0.2) is 29.8 Å². The summed E-state index contributed by atoms with van der Waals surface area (Å²) < 4.78 is 26.7. The number of hydrogen-bond acceptors (Lipinski definition) is 3. The largest absolute Gasteiger partial charge is 0.368 e. The summed E-state index contributed by atoms with van der Waals surface area (Å²) in [5.41, 5.74) is 6.33. The normalized spacial score (nSPS) is 12.7. The standard InChI is InChI=1S/C20H21F2N3O3/c1-12(26)24-18(11-14-5-3-7-16(22)9-14)20(28)25-17(19(23)27)10-13-4-2-6-15(21)8-13/h2-9,17-18H,10-11H2,1H3,(H2,23,27)(H,24,26)(H,25,28)/t17-,18+/m1/s1. The number of amides is 3. The Morgan fingerprint density at radius 3 is 1.82 bits per heavy atom. The summed E-state index contributed by atoms with van der Waals surface area (Å²) in [6.07, 6.45) is 0.0141. The van der Waals surface area contributed by atoms with Crippen LogP contribution in [-0.2, 0) is 27.2 Å². The highest BCUT2D eigenvalue weighted by molar-refractivity contribution is 5.91. The molecule has 4 N–H and O–H groups in total. The number of halogens is 2. The number of carbonyl (C=O) groups excluding carboxylic acids is 3. The Labute approximate surface area is 161 Å². The SMILES string of the molecule is CC(=O)N[C@@H](Cc1cccc(F)c1)C(=O)N[C@H](Cc1cccc(F)c1)C(N)=O. The minimum atomic E-state index is -1.10. The molecule has 2 atom stereocenters. The lowest BCUT2D eigenvalue weighted by atomic mass is 10.0. The Morgan fingerprint density at radius 1 is 0.893 bits per heavy atom. The Morgan fingerprint density at radius 2 is 1.39 bits per heavy atom. The van der Waals surface area contributed by atoms with Gasteiger partial charge in [0.05, 0.1) is 0 Å². The summed E-state index contributed by atoms with van der Waals surface area (Å²) in [5.74, 6) is -2.86. The van der Waals surface area contributed by atoms with E-state index in [-0.39, 0.29) is 12.8 Å². The Hall–Kier alpha value is -3.29. The monoisotopic (exact) mass is 389 g/mol. The van der Waals surface area contributed by atoms with Gasteiger partial charge in [0.2, 0.25) is 17.7 Å². The van der Waals surface area contributed by atoms with Gasteiger partial charge in [-0.2, -0.15) is 0 Å². The van der Waals surface area contributed by atoms with Crippen LogP contribution in [0.2, 0.25) is 0 Å². The van der Waals surface area contributed by atoms with Crippen molar-refractivity contribution in [2.45, 2.75) is 31.8 Å². The summed E-state index contributed by atoms with van der Waals surface area (Å²) in [5, 5.41) is 4.96. The van der Waals surface area contributed by atoms with Crippen LogP contribution in [0, 0.1) is 11.6 Å². The quantitative estimate of drug-likeness (QED) is 0.633. The van der Waals surface area contributed by atoms with Crippen LogP contribution in [0.3, 0.4) is 0 Å². The molecule has 0 saturated carbocycles. The highest BCUT2D eigenvalue weighted by atomic mass is 19.1. The average molecular weight is 389 g/mol. The topological polar surface area (TPSA) is 101 Å². The Balaban J connectivity index is 2.14. The van der Waals surface area contributed by atoms with Gasteiger partial charge in [-0.25, -0.2) is 8.78 Å². The van der Waals surface area contributed by atoms with Crippen LogP contribution in [0.1, 0.15) is 18.1 Å².